The number of carbonyl (C=O) groups excluding carboxylic acids is 1. The lowest BCUT2D eigenvalue weighted by Gasteiger charge is -2.34. The highest BCUT2D eigenvalue weighted by molar-refractivity contribution is 6.42. The van der Waals surface area contributed by atoms with Crippen LogP contribution >= 0.6 is 23.2 Å². The summed E-state index contributed by atoms with van der Waals surface area (Å²) in [6.45, 7) is 6.02. The number of rotatable bonds is 3. The average molecular weight is 316 g/mol. The summed E-state index contributed by atoms with van der Waals surface area (Å²) in [5.41, 5.74) is 0. The van der Waals surface area contributed by atoms with Crippen LogP contribution in [0.1, 0.15) is 20.3 Å². The van der Waals surface area contributed by atoms with Crippen molar-refractivity contribution in [2.24, 2.45) is 11.8 Å². The first-order valence-corrected chi connectivity index (χ1v) is 7.57. The Kier molecular flexibility index (Phi) is 5.17. The fourth-order valence-corrected chi connectivity index (χ4v) is 2.96. The molecule has 1 saturated heterocycles. The molecule has 0 N–H and O–H groups in total. The standard InChI is InChI=1S/C15H19Cl2NO2/c1-10-5-11(2)8-18(7-10)15(19)9-20-12-3-4-13(16)14(17)6-12/h3-4,6,10-11H,5,7-9H2,1-2H3. The van der Waals surface area contributed by atoms with Crippen LogP contribution in [0, 0.1) is 11.8 Å². The van der Waals surface area contributed by atoms with E-state index in [1.54, 1.807) is 18.2 Å². The fourth-order valence-electron chi connectivity index (χ4n) is 2.67. The number of benzene rings is 1. The summed E-state index contributed by atoms with van der Waals surface area (Å²) in [5.74, 6) is 1.68. The molecule has 1 aromatic carbocycles. The van der Waals surface area contributed by atoms with Crippen LogP contribution in [-0.2, 0) is 4.79 Å². The minimum atomic E-state index is 0.0227. The van der Waals surface area contributed by atoms with Gasteiger partial charge < -0.3 is 9.64 Å². The van der Waals surface area contributed by atoms with Gasteiger partial charge in [-0.25, -0.2) is 0 Å². The molecule has 1 aromatic rings. The van der Waals surface area contributed by atoms with E-state index in [0.717, 1.165) is 13.1 Å². The van der Waals surface area contributed by atoms with Crippen LogP contribution < -0.4 is 4.74 Å². The van der Waals surface area contributed by atoms with Crippen LogP contribution in [0.4, 0.5) is 0 Å². The van der Waals surface area contributed by atoms with Crippen LogP contribution in [0.2, 0.25) is 10.0 Å². The second kappa shape index (κ2) is 6.68. The number of piperidine rings is 1. The molecule has 1 amide bonds. The number of amides is 1. The average Bonchev–Trinajstić information content (AvgIpc) is 2.38. The number of halogens is 2. The molecule has 0 spiro atoms. The Labute approximate surface area is 129 Å². The Morgan fingerprint density at radius 3 is 2.50 bits per heavy atom. The van der Waals surface area contributed by atoms with Crippen molar-refractivity contribution in [2.45, 2.75) is 20.3 Å². The van der Waals surface area contributed by atoms with Crippen molar-refractivity contribution in [3.8, 4) is 5.75 Å². The summed E-state index contributed by atoms with van der Waals surface area (Å²) in [6, 6.07) is 5.00. The zero-order valence-electron chi connectivity index (χ0n) is 11.7. The lowest BCUT2D eigenvalue weighted by Crippen LogP contribution is -2.44. The molecule has 0 aliphatic carbocycles. The first-order valence-electron chi connectivity index (χ1n) is 6.81. The molecule has 5 heteroatoms. The van der Waals surface area contributed by atoms with Crippen molar-refractivity contribution in [1.82, 2.24) is 4.90 Å². The van der Waals surface area contributed by atoms with Gasteiger partial charge in [-0.1, -0.05) is 37.0 Å². The molecule has 2 atom stereocenters. The van der Waals surface area contributed by atoms with Crippen molar-refractivity contribution >= 4 is 29.1 Å². The van der Waals surface area contributed by atoms with Crippen molar-refractivity contribution in [2.75, 3.05) is 19.7 Å². The van der Waals surface area contributed by atoms with Gasteiger partial charge >= 0.3 is 0 Å². The van der Waals surface area contributed by atoms with Crippen molar-refractivity contribution in [3.63, 3.8) is 0 Å². The molecule has 3 nitrogen and oxygen atoms in total. The smallest absolute Gasteiger partial charge is 0.260 e. The molecule has 2 unspecified atom stereocenters. The van der Waals surface area contributed by atoms with E-state index in [2.05, 4.69) is 13.8 Å². The Bertz CT molecular complexity index is 483. The first kappa shape index (κ1) is 15.5. The van der Waals surface area contributed by atoms with E-state index in [1.165, 1.54) is 6.42 Å². The van der Waals surface area contributed by atoms with Gasteiger partial charge in [-0.05, 0) is 30.4 Å². The third-order valence-corrected chi connectivity index (χ3v) is 4.21. The van der Waals surface area contributed by atoms with E-state index in [0.29, 0.717) is 27.6 Å². The van der Waals surface area contributed by atoms with Crippen LogP contribution in [0.15, 0.2) is 18.2 Å². The molecule has 1 fully saturated rings. The normalized spacial score (nSPS) is 22.7. The van der Waals surface area contributed by atoms with Gasteiger partial charge in [-0.2, -0.15) is 0 Å². The second-order valence-electron chi connectivity index (χ2n) is 5.61. The van der Waals surface area contributed by atoms with Gasteiger partial charge in [0.25, 0.3) is 5.91 Å². The van der Waals surface area contributed by atoms with Gasteiger partial charge in [0.05, 0.1) is 10.0 Å². The summed E-state index contributed by atoms with van der Waals surface area (Å²) < 4.78 is 5.49. The van der Waals surface area contributed by atoms with Crippen LogP contribution in [0.5, 0.6) is 5.75 Å². The third-order valence-electron chi connectivity index (χ3n) is 3.47. The van der Waals surface area contributed by atoms with Crippen molar-refractivity contribution in [3.05, 3.63) is 28.2 Å². The quantitative estimate of drug-likeness (QED) is 0.847. The highest BCUT2D eigenvalue weighted by Gasteiger charge is 2.25. The highest BCUT2D eigenvalue weighted by Crippen LogP contribution is 2.26. The van der Waals surface area contributed by atoms with E-state index in [9.17, 15) is 4.79 Å². The van der Waals surface area contributed by atoms with E-state index in [4.69, 9.17) is 27.9 Å². The maximum absolute atomic E-state index is 12.2. The van der Waals surface area contributed by atoms with Crippen LogP contribution in [-0.4, -0.2) is 30.5 Å². The van der Waals surface area contributed by atoms with Gasteiger partial charge in [0.1, 0.15) is 5.75 Å². The second-order valence-corrected chi connectivity index (χ2v) is 6.42. The molecule has 20 heavy (non-hydrogen) atoms. The Hall–Kier alpha value is -0.930. The third kappa shape index (κ3) is 4.03. The van der Waals surface area contributed by atoms with E-state index >= 15 is 0 Å². The molecule has 110 valence electrons. The predicted octanol–water partition coefficient (Wildman–Crippen LogP) is 3.88. The monoisotopic (exact) mass is 315 g/mol. The van der Waals surface area contributed by atoms with Gasteiger partial charge in [0, 0.05) is 19.2 Å². The number of hydrogen-bond acceptors (Lipinski definition) is 2. The van der Waals surface area contributed by atoms with Crippen molar-refractivity contribution < 1.29 is 9.53 Å². The zero-order chi connectivity index (χ0) is 14.7. The summed E-state index contributed by atoms with van der Waals surface area (Å²) >= 11 is 11.7. The molecule has 1 heterocycles. The van der Waals surface area contributed by atoms with Crippen LogP contribution in [0.3, 0.4) is 0 Å². The molecule has 1 aliphatic rings. The van der Waals surface area contributed by atoms with Gasteiger partial charge in [0.15, 0.2) is 6.61 Å². The topological polar surface area (TPSA) is 29.5 Å². The largest absolute Gasteiger partial charge is 0.484 e. The molecule has 0 bridgehead atoms. The molecule has 1 aliphatic heterocycles. The summed E-state index contributed by atoms with van der Waals surface area (Å²) in [4.78, 5) is 14.0. The number of nitrogens with zero attached hydrogens (tertiary/aromatic N) is 1. The maximum atomic E-state index is 12.2. The molecular weight excluding hydrogens is 297 g/mol. The fraction of sp³-hybridized carbons (Fsp3) is 0.533. The zero-order valence-corrected chi connectivity index (χ0v) is 13.2. The summed E-state index contributed by atoms with van der Waals surface area (Å²) in [7, 11) is 0. The highest BCUT2D eigenvalue weighted by atomic mass is 35.5. The molecule has 0 aromatic heterocycles. The van der Waals surface area contributed by atoms with Gasteiger partial charge in [-0.3, -0.25) is 4.79 Å². The van der Waals surface area contributed by atoms with E-state index < -0.39 is 0 Å². The number of hydrogen-bond donors (Lipinski definition) is 0. The Morgan fingerprint density at radius 2 is 1.90 bits per heavy atom. The first-order chi connectivity index (χ1) is 9.45. The molecule has 0 radical (unpaired) electrons. The Morgan fingerprint density at radius 1 is 1.25 bits per heavy atom. The lowest BCUT2D eigenvalue weighted by atomic mass is 9.92. The Balaban J connectivity index is 1.89. The molecular formula is C15H19Cl2NO2. The van der Waals surface area contributed by atoms with E-state index in [1.807, 2.05) is 4.90 Å². The molecule has 0 saturated carbocycles. The van der Waals surface area contributed by atoms with Crippen molar-refractivity contribution in [1.29, 1.82) is 0 Å². The lowest BCUT2D eigenvalue weighted by molar-refractivity contribution is -0.136. The molecule has 2 rings (SSSR count). The van der Waals surface area contributed by atoms with Crippen LogP contribution in [0.25, 0.3) is 0 Å². The number of carbonyl (C=O) groups is 1. The minimum absolute atomic E-state index is 0.0227. The number of ether oxygens (including phenoxy) is 1. The van der Waals surface area contributed by atoms with E-state index in [-0.39, 0.29) is 12.5 Å². The number of likely N-dealkylation sites (tertiary alicyclic amines) is 1. The SMILES string of the molecule is CC1CC(C)CN(C(=O)COc2ccc(Cl)c(Cl)c2)C1. The predicted molar refractivity (Wildman–Crippen MR) is 81.5 cm³/mol. The summed E-state index contributed by atoms with van der Waals surface area (Å²) in [5, 5.41) is 0.904. The maximum Gasteiger partial charge on any atom is 0.260 e. The van der Waals surface area contributed by atoms with Gasteiger partial charge in [0.2, 0.25) is 0 Å². The summed E-state index contributed by atoms with van der Waals surface area (Å²) in [6.07, 6.45) is 1.18. The van der Waals surface area contributed by atoms with Gasteiger partial charge in [-0.15, -0.1) is 0 Å². The minimum Gasteiger partial charge on any atom is -0.484 e.